The third-order valence-corrected chi connectivity index (χ3v) is 9.96. The van der Waals surface area contributed by atoms with Gasteiger partial charge in [0.2, 0.25) is 11.8 Å². The number of carbonyl (C=O) groups is 1. The highest BCUT2D eigenvalue weighted by Crippen LogP contribution is 2.40. The van der Waals surface area contributed by atoms with Crippen molar-refractivity contribution >= 4 is 21.4 Å². The normalized spacial score (nSPS) is 19.1. The highest BCUT2D eigenvalue weighted by Gasteiger charge is 2.36. The zero-order valence-electron chi connectivity index (χ0n) is 24.2. The molecule has 1 aliphatic heterocycles. The van der Waals surface area contributed by atoms with Crippen LogP contribution in [0.2, 0.25) is 0 Å². The predicted molar refractivity (Wildman–Crippen MR) is 160 cm³/mol. The summed E-state index contributed by atoms with van der Waals surface area (Å²) in [6, 6.07) is 16.7. The molecule has 3 aromatic rings. The van der Waals surface area contributed by atoms with Crippen molar-refractivity contribution in [1.29, 1.82) is 5.26 Å². The number of nitrogens with zero attached hydrogens (tertiary/aromatic N) is 3. The molecule has 1 aliphatic carbocycles. The Morgan fingerprint density at radius 2 is 1.91 bits per heavy atom. The fraction of sp³-hybridized carbons (Fsp3) is 0.406. The van der Waals surface area contributed by atoms with E-state index in [-0.39, 0.29) is 35.3 Å². The maximum Gasteiger partial charge on any atom is 0.345 e. The number of hydrogen-bond acceptors (Lipinski definition) is 8. The number of carbonyl (C=O) groups excluding carboxylic acids is 1. The summed E-state index contributed by atoms with van der Waals surface area (Å²) in [5.74, 6) is -0.358. The van der Waals surface area contributed by atoms with Crippen LogP contribution in [0.25, 0.3) is 0 Å². The van der Waals surface area contributed by atoms with Crippen LogP contribution in [0.3, 0.4) is 0 Å². The first-order valence-electron chi connectivity index (χ1n) is 14.5. The number of amides is 1. The lowest BCUT2D eigenvalue weighted by Crippen LogP contribution is -2.34. The van der Waals surface area contributed by atoms with Crippen LogP contribution in [0.15, 0.2) is 65.7 Å². The molecule has 1 amide bonds. The molecular formula is C32H34F2N4O5S. The Bertz CT molecular complexity index is 1620. The van der Waals surface area contributed by atoms with Gasteiger partial charge in [0.25, 0.3) is 0 Å². The fourth-order valence-corrected chi connectivity index (χ4v) is 6.61. The van der Waals surface area contributed by atoms with Crippen LogP contribution in [0.4, 0.5) is 14.5 Å². The Morgan fingerprint density at radius 3 is 2.50 bits per heavy atom. The number of aromatic nitrogens is 1. The van der Waals surface area contributed by atoms with Gasteiger partial charge in [-0.15, -0.1) is 0 Å². The number of pyridine rings is 1. The van der Waals surface area contributed by atoms with Crippen LogP contribution in [0, 0.1) is 11.3 Å². The zero-order valence-corrected chi connectivity index (χ0v) is 25.1. The molecule has 0 radical (unpaired) electrons. The largest absolute Gasteiger partial charge is 0.472 e. The van der Waals surface area contributed by atoms with Crippen molar-refractivity contribution in [3.63, 3.8) is 0 Å². The molecule has 232 valence electrons. The van der Waals surface area contributed by atoms with Crippen LogP contribution in [-0.2, 0) is 14.6 Å². The standard InChI is InChI=1S/C32H34F2N4O5S/c1-2-44(40,41)26-9-5-21(6-10-26)27(13-14-35)29-16-23(8-11-28(29)31(36)39)38-18-25(15-24(38)19-42-32(33)34)43-30-12-7-22(17-37-30)20-3-4-20/h5-12,16-17,20,24-25,27,32H,2-4,13,15,18-19H2,1H3,(H2,36,39)/t24-,25-,27-/m0/s1. The van der Waals surface area contributed by atoms with E-state index in [4.69, 9.17) is 15.2 Å². The molecule has 2 fully saturated rings. The molecule has 2 aromatic carbocycles. The molecule has 1 aromatic heterocycles. The Hall–Kier alpha value is -4.08. The summed E-state index contributed by atoms with van der Waals surface area (Å²) < 4.78 is 61.7. The molecule has 0 spiro atoms. The summed E-state index contributed by atoms with van der Waals surface area (Å²) in [5.41, 5.74) is 8.82. The summed E-state index contributed by atoms with van der Waals surface area (Å²) in [6.07, 6.45) is 4.12. The van der Waals surface area contributed by atoms with Crippen LogP contribution in [0.1, 0.15) is 71.5 Å². The van der Waals surface area contributed by atoms with E-state index < -0.39 is 34.3 Å². The average Bonchev–Trinajstić information content (AvgIpc) is 3.79. The Labute approximate surface area is 255 Å². The Kier molecular flexibility index (Phi) is 9.46. The molecule has 5 rings (SSSR count). The molecule has 0 bridgehead atoms. The number of alkyl halides is 2. The van der Waals surface area contributed by atoms with Gasteiger partial charge in [0, 0.05) is 42.3 Å². The van der Waals surface area contributed by atoms with Gasteiger partial charge in [0.1, 0.15) is 6.10 Å². The molecule has 2 heterocycles. The number of rotatable bonds is 13. The Balaban J connectivity index is 1.46. The van der Waals surface area contributed by atoms with Crippen molar-refractivity contribution in [2.45, 2.75) is 68.1 Å². The summed E-state index contributed by atoms with van der Waals surface area (Å²) >= 11 is 0. The monoisotopic (exact) mass is 624 g/mol. The maximum absolute atomic E-state index is 13.1. The van der Waals surface area contributed by atoms with Crippen LogP contribution >= 0.6 is 0 Å². The number of hydrogen-bond donors (Lipinski definition) is 1. The van der Waals surface area contributed by atoms with Gasteiger partial charge in [-0.25, -0.2) is 13.4 Å². The molecule has 1 saturated carbocycles. The number of primary amides is 1. The summed E-state index contributed by atoms with van der Waals surface area (Å²) in [5, 5.41) is 9.70. The van der Waals surface area contributed by atoms with Crippen LogP contribution in [0.5, 0.6) is 5.88 Å². The molecule has 2 aliphatic rings. The van der Waals surface area contributed by atoms with Crippen molar-refractivity contribution < 1.29 is 31.5 Å². The first kappa shape index (κ1) is 31.3. The number of anilines is 1. The molecule has 2 N–H and O–H groups in total. The van der Waals surface area contributed by atoms with Crippen LogP contribution in [-0.4, -0.2) is 57.0 Å². The van der Waals surface area contributed by atoms with E-state index in [2.05, 4.69) is 11.1 Å². The van der Waals surface area contributed by atoms with Gasteiger partial charge in [-0.1, -0.05) is 25.1 Å². The van der Waals surface area contributed by atoms with E-state index >= 15 is 0 Å². The minimum Gasteiger partial charge on any atom is -0.472 e. The van der Waals surface area contributed by atoms with Crippen molar-refractivity contribution in [2.75, 3.05) is 23.8 Å². The number of ether oxygens (including phenoxy) is 2. The van der Waals surface area contributed by atoms with Crippen molar-refractivity contribution in [2.24, 2.45) is 5.73 Å². The minimum absolute atomic E-state index is 0.0181. The molecule has 12 heteroatoms. The number of sulfone groups is 1. The number of nitriles is 1. The van der Waals surface area contributed by atoms with Crippen LogP contribution < -0.4 is 15.4 Å². The molecule has 3 atom stereocenters. The molecule has 9 nitrogen and oxygen atoms in total. The fourth-order valence-electron chi connectivity index (χ4n) is 5.72. The average molecular weight is 625 g/mol. The second kappa shape index (κ2) is 13.3. The Morgan fingerprint density at radius 1 is 1.16 bits per heavy atom. The maximum atomic E-state index is 13.1. The van der Waals surface area contributed by atoms with E-state index in [9.17, 15) is 27.3 Å². The molecule has 1 saturated heterocycles. The van der Waals surface area contributed by atoms with E-state index in [1.807, 2.05) is 23.2 Å². The summed E-state index contributed by atoms with van der Waals surface area (Å²) in [7, 11) is -3.43. The lowest BCUT2D eigenvalue weighted by Gasteiger charge is -2.28. The van der Waals surface area contributed by atoms with Gasteiger partial charge in [-0.3, -0.25) is 4.79 Å². The molecule has 44 heavy (non-hydrogen) atoms. The van der Waals surface area contributed by atoms with E-state index in [1.54, 1.807) is 37.3 Å². The van der Waals surface area contributed by atoms with Gasteiger partial charge < -0.3 is 20.1 Å². The van der Waals surface area contributed by atoms with Gasteiger partial charge in [-0.05, 0) is 65.8 Å². The van der Waals surface area contributed by atoms with Crippen molar-refractivity contribution in [1.82, 2.24) is 4.98 Å². The lowest BCUT2D eigenvalue weighted by atomic mass is 9.85. The lowest BCUT2D eigenvalue weighted by molar-refractivity contribution is -0.131. The second-order valence-corrected chi connectivity index (χ2v) is 13.4. The molecule has 0 unspecified atom stereocenters. The van der Waals surface area contributed by atoms with Gasteiger partial charge in [-0.2, -0.15) is 14.0 Å². The van der Waals surface area contributed by atoms with E-state index in [1.165, 1.54) is 17.7 Å². The van der Waals surface area contributed by atoms with Crippen molar-refractivity contribution in [3.05, 3.63) is 83.0 Å². The van der Waals surface area contributed by atoms with Crippen molar-refractivity contribution in [3.8, 4) is 11.9 Å². The highest BCUT2D eigenvalue weighted by molar-refractivity contribution is 7.91. The van der Waals surface area contributed by atoms with Gasteiger partial charge >= 0.3 is 6.61 Å². The third kappa shape index (κ3) is 7.17. The third-order valence-electron chi connectivity index (χ3n) is 8.21. The van der Waals surface area contributed by atoms with Gasteiger partial charge in [0.15, 0.2) is 9.84 Å². The highest BCUT2D eigenvalue weighted by atomic mass is 32.2. The SMILES string of the molecule is CCS(=O)(=O)c1ccc([C@H](CC#N)c2cc(N3C[C@@H](Oc4ccc(C5CC5)cn4)C[C@H]3COC(F)F)ccc2C(N)=O)cc1. The zero-order chi connectivity index (χ0) is 31.4. The van der Waals surface area contributed by atoms with E-state index in [0.29, 0.717) is 41.6 Å². The number of nitrogens with two attached hydrogens (primary N) is 1. The van der Waals surface area contributed by atoms with E-state index in [0.717, 1.165) is 12.8 Å². The summed E-state index contributed by atoms with van der Waals surface area (Å²) in [6.45, 7) is -1.31. The second-order valence-electron chi connectivity index (χ2n) is 11.1. The predicted octanol–water partition coefficient (Wildman–Crippen LogP) is 5.16. The molecular weight excluding hydrogens is 590 g/mol. The summed E-state index contributed by atoms with van der Waals surface area (Å²) in [4.78, 5) is 19.0. The smallest absolute Gasteiger partial charge is 0.345 e. The van der Waals surface area contributed by atoms with Gasteiger partial charge in [0.05, 0.1) is 35.9 Å². The number of halogens is 2. The number of benzene rings is 2. The first-order valence-corrected chi connectivity index (χ1v) is 16.2. The minimum atomic E-state index is -3.43. The quantitative estimate of drug-likeness (QED) is 0.275. The first-order chi connectivity index (χ1) is 21.1. The topological polar surface area (TPSA) is 136 Å².